The van der Waals surface area contributed by atoms with Gasteiger partial charge in [0.25, 0.3) is 0 Å². The Labute approximate surface area is 192 Å². The van der Waals surface area contributed by atoms with E-state index < -0.39 is 18.2 Å². The molecule has 0 aromatic heterocycles. The fraction of sp³-hybridized carbons (Fsp3) is 0.962. The third kappa shape index (κ3) is 19.7. The lowest BCUT2D eigenvalue weighted by molar-refractivity contribution is -0.125. The lowest BCUT2D eigenvalue weighted by Crippen LogP contribution is -2.46. The van der Waals surface area contributed by atoms with Gasteiger partial charge in [0, 0.05) is 0 Å². The highest BCUT2D eigenvalue weighted by Gasteiger charge is 2.21. The minimum absolute atomic E-state index is 0.0334. The number of rotatable bonds is 23. The van der Waals surface area contributed by atoms with Crippen LogP contribution in [-0.4, -0.2) is 46.1 Å². The predicted molar refractivity (Wildman–Crippen MR) is 130 cm³/mol. The van der Waals surface area contributed by atoms with Crippen LogP contribution in [0.1, 0.15) is 136 Å². The van der Waals surface area contributed by atoms with Crippen LogP contribution in [0.3, 0.4) is 0 Å². The topological polar surface area (TPSA) is 89.8 Å². The van der Waals surface area contributed by atoms with Crippen LogP contribution in [0, 0.1) is 0 Å². The Morgan fingerprint density at radius 3 is 1.58 bits per heavy atom. The van der Waals surface area contributed by atoms with Crippen LogP contribution in [0.15, 0.2) is 0 Å². The molecule has 0 rings (SSSR count). The third-order valence-electron chi connectivity index (χ3n) is 6.17. The van der Waals surface area contributed by atoms with Crippen LogP contribution >= 0.6 is 0 Å². The molecular formula is C26H53NO4. The van der Waals surface area contributed by atoms with Gasteiger partial charge in [-0.15, -0.1) is 0 Å². The Hall–Kier alpha value is -0.650. The lowest BCUT2D eigenvalue weighted by atomic mass is 10.0. The zero-order valence-corrected chi connectivity index (χ0v) is 20.6. The molecule has 0 radical (unpaired) electrons. The van der Waals surface area contributed by atoms with Gasteiger partial charge in [-0.25, -0.2) is 0 Å². The van der Waals surface area contributed by atoms with Crippen molar-refractivity contribution in [2.24, 2.45) is 0 Å². The summed E-state index contributed by atoms with van der Waals surface area (Å²) in [6.45, 7) is 4.08. The summed E-state index contributed by atoms with van der Waals surface area (Å²) in [5.41, 5.74) is 0. The first-order chi connectivity index (χ1) is 15.0. The smallest absolute Gasteiger partial charge is 0.222 e. The molecule has 0 spiro atoms. The fourth-order valence-corrected chi connectivity index (χ4v) is 4.05. The van der Waals surface area contributed by atoms with Crippen molar-refractivity contribution in [1.82, 2.24) is 5.32 Å². The number of aliphatic hydroxyl groups is 3. The summed E-state index contributed by atoms with van der Waals surface area (Å²) in [4.78, 5) is 12.1. The Bertz CT molecular complexity index is 392. The van der Waals surface area contributed by atoms with Crippen molar-refractivity contribution < 1.29 is 20.1 Å². The van der Waals surface area contributed by atoms with Gasteiger partial charge in [0.2, 0.25) is 5.91 Å². The first-order valence-electron chi connectivity index (χ1n) is 13.3. The van der Waals surface area contributed by atoms with Gasteiger partial charge < -0.3 is 20.6 Å². The van der Waals surface area contributed by atoms with E-state index in [-0.39, 0.29) is 18.9 Å². The minimum Gasteiger partial charge on any atom is -0.394 e. The highest BCUT2D eigenvalue weighted by Crippen LogP contribution is 2.14. The van der Waals surface area contributed by atoms with Crippen LogP contribution in [0.2, 0.25) is 0 Å². The molecule has 0 aliphatic heterocycles. The van der Waals surface area contributed by atoms with Gasteiger partial charge in [-0.2, -0.15) is 0 Å². The van der Waals surface area contributed by atoms with Crippen LogP contribution in [0.4, 0.5) is 0 Å². The van der Waals surface area contributed by atoms with Crippen molar-refractivity contribution in [3.8, 4) is 0 Å². The summed E-state index contributed by atoms with van der Waals surface area (Å²) < 4.78 is 0. The van der Waals surface area contributed by atoms with Crippen LogP contribution in [0.25, 0.3) is 0 Å². The lowest BCUT2D eigenvalue weighted by Gasteiger charge is -2.23. The standard InChI is InChI=1S/C26H53NO4/c1-3-5-7-8-9-10-11-12-13-14-15-16-18-20-25(30)24(22-28)27-26(31)21-23(29)19-17-6-4-2/h23-25,28-30H,3-22H2,1-2H3,(H,27,31)/t23?,24-,25+/m0/s1. The number of hydrogen-bond donors (Lipinski definition) is 4. The van der Waals surface area contributed by atoms with Gasteiger partial charge >= 0.3 is 0 Å². The highest BCUT2D eigenvalue weighted by molar-refractivity contribution is 5.76. The maximum Gasteiger partial charge on any atom is 0.222 e. The average Bonchev–Trinajstić information content (AvgIpc) is 2.75. The molecule has 0 heterocycles. The molecule has 1 amide bonds. The van der Waals surface area contributed by atoms with Crippen molar-refractivity contribution in [2.75, 3.05) is 6.61 Å². The van der Waals surface area contributed by atoms with Crippen molar-refractivity contribution in [3.05, 3.63) is 0 Å². The van der Waals surface area contributed by atoms with Crippen molar-refractivity contribution >= 4 is 5.91 Å². The van der Waals surface area contributed by atoms with Crippen molar-refractivity contribution in [1.29, 1.82) is 0 Å². The summed E-state index contributed by atoms with van der Waals surface area (Å²) in [7, 11) is 0. The monoisotopic (exact) mass is 443 g/mol. The quantitative estimate of drug-likeness (QED) is 0.154. The summed E-state index contributed by atoms with van der Waals surface area (Å²) in [5.74, 6) is -0.299. The molecule has 5 nitrogen and oxygen atoms in total. The molecular weight excluding hydrogens is 390 g/mol. The number of nitrogens with one attached hydrogen (secondary N) is 1. The van der Waals surface area contributed by atoms with E-state index in [4.69, 9.17) is 0 Å². The Kier molecular flexibility index (Phi) is 22.1. The van der Waals surface area contributed by atoms with E-state index in [1.165, 1.54) is 70.6 Å². The molecule has 5 heteroatoms. The van der Waals surface area contributed by atoms with Gasteiger partial charge in [0.1, 0.15) is 0 Å². The van der Waals surface area contributed by atoms with Gasteiger partial charge in [-0.3, -0.25) is 4.79 Å². The van der Waals surface area contributed by atoms with E-state index in [9.17, 15) is 20.1 Å². The summed E-state index contributed by atoms with van der Waals surface area (Å²) in [5, 5.41) is 32.4. The summed E-state index contributed by atoms with van der Waals surface area (Å²) in [6.07, 6.45) is 19.5. The second-order valence-electron chi connectivity index (χ2n) is 9.31. The van der Waals surface area contributed by atoms with E-state index in [1.807, 2.05) is 0 Å². The number of carbonyl (C=O) groups is 1. The molecule has 0 bridgehead atoms. The van der Waals surface area contributed by atoms with E-state index in [2.05, 4.69) is 19.2 Å². The fourth-order valence-electron chi connectivity index (χ4n) is 4.05. The first-order valence-corrected chi connectivity index (χ1v) is 13.3. The molecule has 0 aliphatic carbocycles. The SMILES string of the molecule is CCCCCCCCCCCCCCC[C@@H](O)[C@H](CO)NC(=O)CC(O)CCCCC. The number of carbonyl (C=O) groups excluding carboxylic acids is 1. The molecule has 0 aromatic rings. The van der Waals surface area contributed by atoms with E-state index >= 15 is 0 Å². The summed E-state index contributed by atoms with van der Waals surface area (Å²) in [6, 6.07) is -0.646. The minimum atomic E-state index is -0.737. The van der Waals surface area contributed by atoms with Crippen molar-refractivity contribution in [3.63, 3.8) is 0 Å². The Balaban J connectivity index is 3.68. The molecule has 0 fully saturated rings. The number of hydrogen-bond acceptors (Lipinski definition) is 4. The maximum absolute atomic E-state index is 12.1. The molecule has 4 N–H and O–H groups in total. The molecule has 31 heavy (non-hydrogen) atoms. The van der Waals surface area contributed by atoms with E-state index in [1.54, 1.807) is 0 Å². The van der Waals surface area contributed by atoms with Gasteiger partial charge in [-0.1, -0.05) is 117 Å². The van der Waals surface area contributed by atoms with Gasteiger partial charge in [0.05, 0.1) is 31.3 Å². The molecule has 0 saturated heterocycles. The molecule has 3 atom stereocenters. The average molecular weight is 444 g/mol. The molecule has 0 aromatic carbocycles. The van der Waals surface area contributed by atoms with Crippen LogP contribution in [-0.2, 0) is 4.79 Å². The first kappa shape index (κ1) is 30.4. The molecule has 0 aliphatic rings. The number of aliphatic hydroxyl groups excluding tert-OH is 3. The zero-order chi connectivity index (χ0) is 23.2. The van der Waals surface area contributed by atoms with Crippen molar-refractivity contribution in [2.45, 2.75) is 154 Å². The van der Waals surface area contributed by atoms with Crippen LogP contribution in [0.5, 0.6) is 0 Å². The molecule has 0 saturated carbocycles. The van der Waals surface area contributed by atoms with Gasteiger partial charge in [-0.05, 0) is 12.8 Å². The second kappa shape index (κ2) is 22.5. The second-order valence-corrected chi connectivity index (χ2v) is 9.31. The zero-order valence-electron chi connectivity index (χ0n) is 20.6. The van der Waals surface area contributed by atoms with E-state index in [0.29, 0.717) is 12.8 Å². The number of unbranched alkanes of at least 4 members (excludes halogenated alkanes) is 14. The Morgan fingerprint density at radius 1 is 0.677 bits per heavy atom. The third-order valence-corrected chi connectivity index (χ3v) is 6.17. The normalized spacial score (nSPS) is 14.4. The maximum atomic E-state index is 12.1. The highest BCUT2D eigenvalue weighted by atomic mass is 16.3. The van der Waals surface area contributed by atoms with Gasteiger partial charge in [0.15, 0.2) is 0 Å². The Morgan fingerprint density at radius 2 is 1.10 bits per heavy atom. The summed E-state index contributed by atoms with van der Waals surface area (Å²) >= 11 is 0. The number of amides is 1. The predicted octanol–water partition coefficient (Wildman–Crippen LogP) is 5.64. The molecule has 1 unspecified atom stereocenters. The van der Waals surface area contributed by atoms with E-state index in [0.717, 1.165) is 32.1 Å². The molecule has 186 valence electrons. The largest absolute Gasteiger partial charge is 0.394 e. The van der Waals surface area contributed by atoms with Crippen LogP contribution < -0.4 is 5.32 Å².